The molecule has 0 bridgehead atoms. The zero-order chi connectivity index (χ0) is 13.0. The summed E-state index contributed by atoms with van der Waals surface area (Å²) < 4.78 is 0. The Labute approximate surface area is 116 Å². The van der Waals surface area contributed by atoms with Crippen LogP contribution in [0.25, 0.3) is 0 Å². The van der Waals surface area contributed by atoms with E-state index in [1.54, 1.807) is 16.0 Å². The van der Waals surface area contributed by atoms with Gasteiger partial charge in [-0.25, -0.2) is 0 Å². The smallest absolute Gasteiger partial charge is 0.00832 e. The molecule has 1 nitrogen and oxygen atoms in total. The molecule has 1 unspecified atom stereocenters. The number of rotatable bonds is 6. The summed E-state index contributed by atoms with van der Waals surface area (Å²) in [6.45, 7) is 10.7. The summed E-state index contributed by atoms with van der Waals surface area (Å²) in [6, 6.07) is 0. The van der Waals surface area contributed by atoms with Crippen molar-refractivity contribution in [1.82, 2.24) is 4.90 Å². The normalized spacial score (nSPS) is 19.2. The third-order valence-electron chi connectivity index (χ3n) is 4.22. The molecule has 2 heteroatoms. The summed E-state index contributed by atoms with van der Waals surface area (Å²) in [5.41, 5.74) is 3.26. The monoisotopic (exact) mass is 265 g/mol. The molecule has 0 saturated carbocycles. The van der Waals surface area contributed by atoms with Crippen LogP contribution in [0.15, 0.2) is 5.38 Å². The van der Waals surface area contributed by atoms with E-state index in [1.807, 2.05) is 11.3 Å². The summed E-state index contributed by atoms with van der Waals surface area (Å²) in [7, 11) is 0. The maximum Gasteiger partial charge on any atom is 0.00832 e. The van der Waals surface area contributed by atoms with Gasteiger partial charge in [-0.05, 0) is 68.1 Å². The van der Waals surface area contributed by atoms with E-state index < -0.39 is 0 Å². The molecular formula is C16H27NS. The summed E-state index contributed by atoms with van der Waals surface area (Å²) in [5, 5.41) is 2.37. The van der Waals surface area contributed by atoms with Crippen LogP contribution >= 0.6 is 11.3 Å². The highest BCUT2D eigenvalue weighted by atomic mass is 32.1. The Morgan fingerprint density at radius 3 is 2.94 bits per heavy atom. The topological polar surface area (TPSA) is 3.24 Å². The largest absolute Gasteiger partial charge is 0.303 e. The standard InChI is InChI=1S/C16H27NS/c1-4-6-10-17(5-2)11-14-8-7-9-15-16(14)13(3)12-18-15/h12,14H,4-11H2,1-3H3. The molecule has 2 rings (SSSR count). The number of hydrogen-bond acceptors (Lipinski definition) is 2. The van der Waals surface area contributed by atoms with Gasteiger partial charge in [-0.2, -0.15) is 0 Å². The first-order chi connectivity index (χ1) is 8.76. The maximum absolute atomic E-state index is 2.65. The van der Waals surface area contributed by atoms with Gasteiger partial charge in [-0.3, -0.25) is 0 Å². The molecule has 0 radical (unpaired) electrons. The van der Waals surface area contributed by atoms with Gasteiger partial charge >= 0.3 is 0 Å². The molecular weight excluding hydrogens is 238 g/mol. The molecule has 0 N–H and O–H groups in total. The lowest BCUT2D eigenvalue weighted by molar-refractivity contribution is 0.256. The second-order valence-corrected chi connectivity index (χ2v) is 6.56. The lowest BCUT2D eigenvalue weighted by Crippen LogP contribution is -2.30. The molecule has 1 aromatic rings. The van der Waals surface area contributed by atoms with Crippen LogP contribution in [0.2, 0.25) is 0 Å². The van der Waals surface area contributed by atoms with Crippen molar-refractivity contribution in [3.63, 3.8) is 0 Å². The first-order valence-electron chi connectivity index (χ1n) is 7.55. The van der Waals surface area contributed by atoms with E-state index >= 15 is 0 Å². The van der Waals surface area contributed by atoms with Crippen molar-refractivity contribution in [3.05, 3.63) is 21.4 Å². The van der Waals surface area contributed by atoms with Gasteiger partial charge in [0.1, 0.15) is 0 Å². The van der Waals surface area contributed by atoms with Gasteiger partial charge in [0, 0.05) is 11.4 Å². The minimum absolute atomic E-state index is 0.803. The molecule has 1 aliphatic carbocycles. The minimum Gasteiger partial charge on any atom is -0.303 e. The first kappa shape index (κ1) is 14.1. The number of nitrogens with zero attached hydrogens (tertiary/aromatic N) is 1. The Hall–Kier alpha value is -0.340. The third-order valence-corrected chi connectivity index (χ3v) is 5.40. The van der Waals surface area contributed by atoms with Gasteiger partial charge in [0.15, 0.2) is 0 Å². The van der Waals surface area contributed by atoms with Gasteiger partial charge < -0.3 is 4.90 Å². The van der Waals surface area contributed by atoms with E-state index in [0.717, 1.165) is 5.92 Å². The molecule has 0 saturated heterocycles. The number of thiophene rings is 1. The van der Waals surface area contributed by atoms with Crippen molar-refractivity contribution in [2.24, 2.45) is 0 Å². The molecule has 0 amide bonds. The van der Waals surface area contributed by atoms with Gasteiger partial charge in [-0.15, -0.1) is 11.3 Å². The highest BCUT2D eigenvalue weighted by Gasteiger charge is 2.24. The van der Waals surface area contributed by atoms with E-state index in [0.29, 0.717) is 0 Å². The van der Waals surface area contributed by atoms with Gasteiger partial charge in [0.05, 0.1) is 0 Å². The van der Waals surface area contributed by atoms with E-state index in [-0.39, 0.29) is 0 Å². The van der Waals surface area contributed by atoms with Crippen molar-refractivity contribution in [1.29, 1.82) is 0 Å². The zero-order valence-corrected chi connectivity index (χ0v) is 13.0. The summed E-state index contributed by atoms with van der Waals surface area (Å²) in [6.07, 6.45) is 6.77. The van der Waals surface area contributed by atoms with E-state index in [2.05, 4.69) is 31.1 Å². The predicted molar refractivity (Wildman–Crippen MR) is 81.8 cm³/mol. The molecule has 0 fully saturated rings. The van der Waals surface area contributed by atoms with E-state index in [1.165, 1.54) is 51.7 Å². The zero-order valence-electron chi connectivity index (χ0n) is 12.2. The Morgan fingerprint density at radius 2 is 2.22 bits per heavy atom. The molecule has 0 aliphatic heterocycles. The molecule has 0 spiro atoms. The van der Waals surface area contributed by atoms with E-state index in [9.17, 15) is 0 Å². The number of fused-ring (bicyclic) bond motifs is 1. The molecule has 18 heavy (non-hydrogen) atoms. The van der Waals surface area contributed by atoms with Crippen LogP contribution in [0.3, 0.4) is 0 Å². The predicted octanol–water partition coefficient (Wildman–Crippen LogP) is 4.60. The Kier molecular flexibility index (Phi) is 5.25. The fraction of sp³-hybridized carbons (Fsp3) is 0.750. The molecule has 1 aromatic heterocycles. The van der Waals surface area contributed by atoms with Crippen molar-refractivity contribution < 1.29 is 0 Å². The highest BCUT2D eigenvalue weighted by molar-refractivity contribution is 7.10. The average molecular weight is 265 g/mol. The highest BCUT2D eigenvalue weighted by Crippen LogP contribution is 2.38. The Bertz CT molecular complexity index is 369. The Morgan fingerprint density at radius 1 is 1.39 bits per heavy atom. The van der Waals surface area contributed by atoms with Crippen LogP contribution in [-0.4, -0.2) is 24.5 Å². The molecule has 0 aromatic carbocycles. The molecule has 102 valence electrons. The fourth-order valence-corrected chi connectivity index (χ4v) is 4.32. The van der Waals surface area contributed by atoms with Crippen molar-refractivity contribution in [2.45, 2.75) is 58.8 Å². The molecule has 1 atom stereocenters. The van der Waals surface area contributed by atoms with Crippen LogP contribution in [0.5, 0.6) is 0 Å². The molecule has 1 heterocycles. The summed E-state index contributed by atoms with van der Waals surface area (Å²) in [4.78, 5) is 4.33. The number of hydrogen-bond donors (Lipinski definition) is 0. The van der Waals surface area contributed by atoms with Crippen LogP contribution in [0, 0.1) is 6.92 Å². The van der Waals surface area contributed by atoms with E-state index in [4.69, 9.17) is 0 Å². The van der Waals surface area contributed by atoms with Crippen molar-refractivity contribution >= 4 is 11.3 Å². The second-order valence-electron chi connectivity index (χ2n) is 5.59. The van der Waals surface area contributed by atoms with Crippen molar-refractivity contribution in [2.75, 3.05) is 19.6 Å². The van der Waals surface area contributed by atoms with Crippen LogP contribution in [0.4, 0.5) is 0 Å². The first-order valence-corrected chi connectivity index (χ1v) is 8.43. The average Bonchev–Trinajstić information content (AvgIpc) is 2.77. The number of unbranched alkanes of at least 4 members (excludes halogenated alkanes) is 1. The second kappa shape index (κ2) is 6.72. The summed E-state index contributed by atoms with van der Waals surface area (Å²) in [5.74, 6) is 0.803. The van der Waals surface area contributed by atoms with Gasteiger partial charge in [-0.1, -0.05) is 20.3 Å². The lowest BCUT2D eigenvalue weighted by atomic mass is 9.85. The third kappa shape index (κ3) is 3.16. The molecule has 1 aliphatic rings. The van der Waals surface area contributed by atoms with Crippen LogP contribution in [-0.2, 0) is 6.42 Å². The van der Waals surface area contributed by atoms with Crippen LogP contribution in [0.1, 0.15) is 61.5 Å². The van der Waals surface area contributed by atoms with Crippen LogP contribution < -0.4 is 0 Å². The fourth-order valence-electron chi connectivity index (χ4n) is 3.16. The van der Waals surface area contributed by atoms with Gasteiger partial charge in [0.25, 0.3) is 0 Å². The van der Waals surface area contributed by atoms with Gasteiger partial charge in [0.2, 0.25) is 0 Å². The number of likely N-dealkylation sites (N-methyl/N-ethyl adjacent to an activating group) is 1. The number of aryl methyl sites for hydroxylation is 2. The quantitative estimate of drug-likeness (QED) is 0.726. The Balaban J connectivity index is 2.03. The maximum atomic E-state index is 2.65. The minimum atomic E-state index is 0.803. The lowest BCUT2D eigenvalue weighted by Gasteiger charge is -2.30. The van der Waals surface area contributed by atoms with Crippen molar-refractivity contribution in [3.8, 4) is 0 Å². The summed E-state index contributed by atoms with van der Waals surface area (Å²) >= 11 is 1.99. The SMILES string of the molecule is CCCCN(CC)CC1CCCc2scc(C)c21.